The minimum Gasteiger partial charge on any atom is -0.494 e. The van der Waals surface area contributed by atoms with Crippen molar-refractivity contribution in [3.05, 3.63) is 78.4 Å². The number of carbonyl (C=O) groups is 1. The maximum Gasteiger partial charge on any atom is 0.152 e. The summed E-state index contributed by atoms with van der Waals surface area (Å²) in [4.78, 5) is 14.9. The Morgan fingerprint density at radius 2 is 1.26 bits per heavy atom. The van der Waals surface area contributed by atoms with E-state index in [1.807, 2.05) is 36.4 Å². The highest BCUT2D eigenvalue weighted by atomic mass is 32.1. The van der Waals surface area contributed by atoms with Crippen molar-refractivity contribution in [2.75, 3.05) is 18.1 Å². The molecular weight excluding hydrogens is 575 g/mol. The second-order valence-electron chi connectivity index (χ2n) is 10.6. The molecule has 5 aromatic rings. The quantitative estimate of drug-likeness (QED) is 0.0768. The van der Waals surface area contributed by atoms with Gasteiger partial charge in [-0.1, -0.05) is 58.4 Å². The minimum absolute atomic E-state index is 0.561. The van der Waals surface area contributed by atoms with Crippen molar-refractivity contribution >= 4 is 56.8 Å². The molecule has 0 aliphatic carbocycles. The van der Waals surface area contributed by atoms with Crippen molar-refractivity contribution in [2.24, 2.45) is 0 Å². The van der Waals surface area contributed by atoms with E-state index in [0.29, 0.717) is 11.1 Å². The average Bonchev–Trinajstić information content (AvgIpc) is 3.73. The molecular formula is C35H39N3O3S2. The molecule has 6 nitrogen and oxygen atoms in total. The van der Waals surface area contributed by atoms with Gasteiger partial charge in [-0.15, -0.1) is 11.3 Å². The third-order valence-corrected chi connectivity index (χ3v) is 9.01. The fourth-order valence-electron chi connectivity index (χ4n) is 5.00. The maximum absolute atomic E-state index is 11.5. The van der Waals surface area contributed by atoms with Gasteiger partial charge >= 0.3 is 0 Å². The summed E-state index contributed by atoms with van der Waals surface area (Å²) in [5.41, 5.74) is 5.03. The van der Waals surface area contributed by atoms with Crippen molar-refractivity contribution in [1.29, 1.82) is 0 Å². The van der Waals surface area contributed by atoms with Gasteiger partial charge in [0.1, 0.15) is 27.5 Å². The molecule has 5 rings (SSSR count). The number of nitrogens with zero attached hydrogens (tertiary/aromatic N) is 3. The first-order valence-corrected chi connectivity index (χ1v) is 16.8. The Morgan fingerprint density at radius 1 is 0.674 bits per heavy atom. The summed E-state index contributed by atoms with van der Waals surface area (Å²) in [6, 6.07) is 24.7. The second kappa shape index (κ2) is 15.6. The molecule has 0 bridgehead atoms. The largest absolute Gasteiger partial charge is 0.494 e. The standard InChI is InChI=1S/C35H39N3O3S2/c1-3-5-7-9-23-40-29-16-12-27(13-17-29)38(28-14-18-30(19-15-28)41-24-10-8-6-4-2)33-22-21-32(42-33)31-20-11-26(25-39)34-35(31)37-43-36-34/h11-22,25H,3-10,23-24H2,1-2H3. The molecule has 0 atom stereocenters. The number of fused-ring (bicyclic) bond motifs is 1. The van der Waals surface area contributed by atoms with Crippen LogP contribution in [0.3, 0.4) is 0 Å². The van der Waals surface area contributed by atoms with Crippen LogP contribution in [0.5, 0.6) is 11.5 Å². The minimum atomic E-state index is 0.561. The lowest BCUT2D eigenvalue weighted by molar-refractivity contribution is 0.112. The topological polar surface area (TPSA) is 64.6 Å². The zero-order valence-corrected chi connectivity index (χ0v) is 26.6. The monoisotopic (exact) mass is 613 g/mol. The molecule has 0 saturated carbocycles. The predicted octanol–water partition coefficient (Wildman–Crippen LogP) is 10.6. The molecule has 2 aromatic heterocycles. The van der Waals surface area contributed by atoms with Gasteiger partial charge in [0, 0.05) is 27.4 Å². The molecule has 0 amide bonds. The van der Waals surface area contributed by atoms with Gasteiger partial charge in [0.2, 0.25) is 0 Å². The highest BCUT2D eigenvalue weighted by Gasteiger charge is 2.18. The van der Waals surface area contributed by atoms with Gasteiger partial charge in [-0.2, -0.15) is 8.75 Å². The van der Waals surface area contributed by atoms with Crippen LogP contribution < -0.4 is 14.4 Å². The van der Waals surface area contributed by atoms with Crippen molar-refractivity contribution in [1.82, 2.24) is 8.75 Å². The lowest BCUT2D eigenvalue weighted by Crippen LogP contribution is -2.08. The second-order valence-corrected chi connectivity index (χ2v) is 12.2. The van der Waals surface area contributed by atoms with E-state index in [1.54, 1.807) is 11.3 Å². The highest BCUT2D eigenvalue weighted by Crippen LogP contribution is 2.43. The third kappa shape index (κ3) is 7.80. The molecule has 0 unspecified atom stereocenters. The number of unbranched alkanes of at least 4 members (excludes halogenated alkanes) is 6. The smallest absolute Gasteiger partial charge is 0.152 e. The van der Waals surface area contributed by atoms with Crippen LogP contribution in [0, 0.1) is 0 Å². The number of benzene rings is 3. The fourth-order valence-corrected chi connectivity index (χ4v) is 6.65. The van der Waals surface area contributed by atoms with Gasteiger partial charge in [0.25, 0.3) is 0 Å². The molecule has 0 N–H and O–H groups in total. The number of aldehydes is 1. The zero-order valence-electron chi connectivity index (χ0n) is 25.0. The molecule has 0 saturated heterocycles. The number of hydrogen-bond acceptors (Lipinski definition) is 8. The SMILES string of the molecule is CCCCCCOc1ccc(N(c2ccc(OCCCCCC)cc2)c2ccc(-c3ccc(C=O)c4nsnc34)s2)cc1. The predicted molar refractivity (Wildman–Crippen MR) is 180 cm³/mol. The first kappa shape index (κ1) is 30.7. The van der Waals surface area contributed by atoms with Crippen LogP contribution in [0.4, 0.5) is 16.4 Å². The average molecular weight is 614 g/mol. The normalized spacial score (nSPS) is 11.1. The number of hydrogen-bond donors (Lipinski definition) is 0. The van der Waals surface area contributed by atoms with Crippen molar-refractivity contribution in [3.63, 3.8) is 0 Å². The summed E-state index contributed by atoms with van der Waals surface area (Å²) >= 11 is 2.81. The Kier molecular flexibility index (Phi) is 11.2. The number of carbonyl (C=O) groups excluding carboxylic acids is 1. The van der Waals surface area contributed by atoms with Gasteiger partial charge in [-0.05, 0) is 79.6 Å². The van der Waals surface area contributed by atoms with E-state index >= 15 is 0 Å². The van der Waals surface area contributed by atoms with Crippen LogP contribution in [-0.4, -0.2) is 28.2 Å². The molecule has 8 heteroatoms. The molecule has 2 heterocycles. The van der Waals surface area contributed by atoms with Crippen LogP contribution in [0.15, 0.2) is 72.8 Å². The van der Waals surface area contributed by atoms with E-state index in [1.165, 1.54) is 38.5 Å². The van der Waals surface area contributed by atoms with Crippen LogP contribution in [-0.2, 0) is 0 Å². The number of ether oxygens (including phenoxy) is 2. The summed E-state index contributed by atoms with van der Waals surface area (Å²) < 4.78 is 20.9. The number of aromatic nitrogens is 2. The van der Waals surface area contributed by atoms with E-state index in [4.69, 9.17) is 9.47 Å². The summed E-state index contributed by atoms with van der Waals surface area (Å²) in [6.45, 7) is 5.91. The molecule has 43 heavy (non-hydrogen) atoms. The first-order valence-electron chi connectivity index (χ1n) is 15.3. The van der Waals surface area contributed by atoms with E-state index < -0.39 is 0 Å². The number of thiophene rings is 1. The fraction of sp³-hybridized carbons (Fsp3) is 0.343. The van der Waals surface area contributed by atoms with Crippen molar-refractivity contribution in [2.45, 2.75) is 65.2 Å². The van der Waals surface area contributed by atoms with Gasteiger partial charge in [-0.25, -0.2) is 0 Å². The molecule has 3 aromatic carbocycles. The number of anilines is 3. The molecule has 0 aliphatic rings. The summed E-state index contributed by atoms with van der Waals surface area (Å²) in [5.74, 6) is 1.76. The maximum atomic E-state index is 11.5. The van der Waals surface area contributed by atoms with Gasteiger partial charge < -0.3 is 14.4 Å². The zero-order chi connectivity index (χ0) is 29.9. The third-order valence-electron chi connectivity index (χ3n) is 7.37. The van der Waals surface area contributed by atoms with Crippen molar-refractivity contribution < 1.29 is 14.3 Å². The number of rotatable bonds is 17. The molecule has 224 valence electrons. The van der Waals surface area contributed by atoms with E-state index in [0.717, 1.165) is 87.9 Å². The van der Waals surface area contributed by atoms with Crippen molar-refractivity contribution in [3.8, 4) is 21.9 Å². The first-order chi connectivity index (χ1) is 21.2. The van der Waals surface area contributed by atoms with Crippen LogP contribution in [0.2, 0.25) is 0 Å². The Bertz CT molecular complexity index is 1520. The van der Waals surface area contributed by atoms with E-state index in [-0.39, 0.29) is 0 Å². The van der Waals surface area contributed by atoms with E-state index in [2.05, 4.69) is 63.9 Å². The summed E-state index contributed by atoms with van der Waals surface area (Å²) in [6.07, 6.45) is 10.3. The molecule has 0 aliphatic heterocycles. The lowest BCUT2D eigenvalue weighted by atomic mass is 10.1. The Balaban J connectivity index is 1.41. The Labute approximate surface area is 262 Å². The van der Waals surface area contributed by atoms with Crippen LogP contribution >= 0.6 is 23.1 Å². The summed E-state index contributed by atoms with van der Waals surface area (Å²) in [5, 5.41) is 1.06. The Morgan fingerprint density at radius 3 is 1.81 bits per heavy atom. The molecule has 0 fully saturated rings. The Hall–Kier alpha value is -3.75. The lowest BCUT2D eigenvalue weighted by Gasteiger charge is -2.24. The van der Waals surface area contributed by atoms with Crippen LogP contribution in [0.25, 0.3) is 21.5 Å². The van der Waals surface area contributed by atoms with Crippen LogP contribution in [0.1, 0.15) is 75.6 Å². The van der Waals surface area contributed by atoms with Gasteiger partial charge in [0.15, 0.2) is 6.29 Å². The van der Waals surface area contributed by atoms with Gasteiger partial charge in [0.05, 0.1) is 24.9 Å². The molecule has 0 spiro atoms. The highest BCUT2D eigenvalue weighted by molar-refractivity contribution is 7.19. The van der Waals surface area contributed by atoms with Gasteiger partial charge in [-0.3, -0.25) is 4.79 Å². The summed E-state index contributed by atoms with van der Waals surface area (Å²) in [7, 11) is 0. The van der Waals surface area contributed by atoms with E-state index in [9.17, 15) is 4.79 Å². The molecule has 0 radical (unpaired) electrons.